The van der Waals surface area contributed by atoms with Crippen molar-refractivity contribution in [1.29, 1.82) is 0 Å². The lowest BCUT2D eigenvalue weighted by molar-refractivity contribution is -0.385. The van der Waals surface area contributed by atoms with Gasteiger partial charge in [-0.1, -0.05) is 6.92 Å². The van der Waals surface area contributed by atoms with Gasteiger partial charge in [0.2, 0.25) is 0 Å². The highest BCUT2D eigenvalue weighted by atomic mass is 16.6. The Kier molecular flexibility index (Phi) is 6.58. The minimum absolute atomic E-state index is 0.0164. The summed E-state index contributed by atoms with van der Waals surface area (Å²) in [5, 5.41) is 16.4. The second-order valence-electron chi connectivity index (χ2n) is 5.55. The fourth-order valence-electron chi connectivity index (χ4n) is 2.61. The molecule has 1 aromatic rings. The molecule has 0 aliphatic carbocycles. The quantitative estimate of drug-likeness (QED) is 0.401. The van der Waals surface area contributed by atoms with Gasteiger partial charge in [-0.3, -0.25) is 10.1 Å². The Morgan fingerprint density at radius 3 is 2.67 bits per heavy atom. The largest absolute Gasteiger partial charge is 0.496 e. The number of hydrogen-bond acceptors (Lipinski definition) is 7. The maximum absolute atomic E-state index is 12.3. The first kappa shape index (κ1) is 20.0. The molecule has 0 spiro atoms. The molecule has 1 heterocycles. The number of carbonyl (C=O) groups is 2. The lowest BCUT2D eigenvalue weighted by Gasteiger charge is -2.28. The van der Waals surface area contributed by atoms with Crippen LogP contribution in [-0.2, 0) is 9.53 Å². The number of urea groups is 1. The number of nitro benzene ring substituents is 1. The number of nitrogens with zero attached hydrogens (tertiary/aromatic N) is 1. The van der Waals surface area contributed by atoms with Gasteiger partial charge in [0.15, 0.2) is 5.75 Å². The first-order valence-electron chi connectivity index (χ1n) is 8.34. The molecule has 0 radical (unpaired) electrons. The maximum Gasteiger partial charge on any atom is 0.338 e. The molecule has 0 aromatic heterocycles. The monoisotopic (exact) mass is 379 g/mol. The van der Waals surface area contributed by atoms with E-state index in [1.807, 2.05) is 6.92 Å². The number of esters is 1. The molecule has 2 rings (SSSR count). The molecule has 2 amide bonds. The Hall–Kier alpha value is -3.30. The minimum atomic E-state index is -0.603. The number of rotatable bonds is 8. The first-order valence-corrected chi connectivity index (χ1v) is 8.34. The molecule has 146 valence electrons. The molecular weight excluding hydrogens is 358 g/mol. The number of ether oxygens (including phenoxy) is 3. The van der Waals surface area contributed by atoms with Crippen molar-refractivity contribution >= 4 is 17.7 Å². The lowest BCUT2D eigenvalue weighted by Crippen LogP contribution is -2.51. The van der Waals surface area contributed by atoms with E-state index in [1.54, 1.807) is 6.92 Å². The van der Waals surface area contributed by atoms with Crippen LogP contribution >= 0.6 is 0 Å². The van der Waals surface area contributed by atoms with Crippen molar-refractivity contribution in [2.75, 3.05) is 20.3 Å². The molecule has 10 nitrogen and oxygen atoms in total. The molecule has 2 N–H and O–H groups in total. The van der Waals surface area contributed by atoms with Gasteiger partial charge in [-0.2, -0.15) is 0 Å². The predicted molar refractivity (Wildman–Crippen MR) is 94.5 cm³/mol. The summed E-state index contributed by atoms with van der Waals surface area (Å²) in [5.41, 5.74) is 0.143. The molecule has 0 unspecified atom stereocenters. The van der Waals surface area contributed by atoms with Crippen molar-refractivity contribution in [1.82, 2.24) is 10.6 Å². The van der Waals surface area contributed by atoms with Gasteiger partial charge in [0, 0.05) is 0 Å². The summed E-state index contributed by atoms with van der Waals surface area (Å²) in [6, 6.07) is 3.10. The van der Waals surface area contributed by atoms with Crippen LogP contribution in [0.4, 0.5) is 10.5 Å². The maximum atomic E-state index is 12.3. The van der Waals surface area contributed by atoms with Gasteiger partial charge in [-0.15, -0.1) is 0 Å². The van der Waals surface area contributed by atoms with Crippen molar-refractivity contribution in [2.45, 2.75) is 26.3 Å². The van der Waals surface area contributed by atoms with Gasteiger partial charge < -0.3 is 24.8 Å². The molecule has 1 aromatic carbocycles. The lowest BCUT2D eigenvalue weighted by atomic mass is 10.0. The van der Waals surface area contributed by atoms with E-state index in [9.17, 15) is 19.7 Å². The fourth-order valence-corrected chi connectivity index (χ4v) is 2.61. The predicted octanol–water partition coefficient (Wildman–Crippen LogP) is 1.89. The van der Waals surface area contributed by atoms with Gasteiger partial charge in [0.25, 0.3) is 0 Å². The van der Waals surface area contributed by atoms with Crippen molar-refractivity contribution in [2.24, 2.45) is 0 Å². The number of methoxy groups -OCH3 is 1. The Morgan fingerprint density at radius 1 is 1.33 bits per heavy atom. The Morgan fingerprint density at radius 2 is 2.07 bits per heavy atom. The van der Waals surface area contributed by atoms with Crippen LogP contribution in [0.5, 0.6) is 11.5 Å². The van der Waals surface area contributed by atoms with Gasteiger partial charge in [0.1, 0.15) is 12.4 Å². The number of hydrogen-bond donors (Lipinski definition) is 2. The Bertz CT molecular complexity index is 776. The van der Waals surface area contributed by atoms with Crippen LogP contribution in [0.15, 0.2) is 29.5 Å². The average molecular weight is 379 g/mol. The number of benzene rings is 1. The van der Waals surface area contributed by atoms with Gasteiger partial charge in [-0.25, -0.2) is 9.59 Å². The molecule has 10 heteroatoms. The zero-order chi connectivity index (χ0) is 20.0. The first-order chi connectivity index (χ1) is 12.9. The van der Waals surface area contributed by atoms with Crippen molar-refractivity contribution < 1.29 is 28.7 Å². The summed E-state index contributed by atoms with van der Waals surface area (Å²) in [6.07, 6.45) is 0.466. The molecule has 27 heavy (non-hydrogen) atoms. The number of carbonyl (C=O) groups excluding carboxylic acids is 2. The number of nitrogens with one attached hydrogen (secondary N) is 2. The standard InChI is InChI=1S/C17H21N3O7/c1-4-11-15(16(21)26-5-2)12(19-17(22)18-11)9-27-14-7-6-10(25-3)8-13(14)20(23)24/h6-8,11H,4-5,9H2,1-3H3,(H2,18,19,22)/t11-/m1/s1. The molecule has 0 fully saturated rings. The van der Waals surface area contributed by atoms with Crippen LogP contribution < -0.4 is 20.1 Å². The summed E-state index contributed by atoms with van der Waals surface area (Å²) in [4.78, 5) is 34.8. The second-order valence-corrected chi connectivity index (χ2v) is 5.55. The Labute approximate surface area is 155 Å². The SMILES string of the molecule is CCOC(=O)C1=C(COc2ccc(OC)cc2[N+](=O)[O-])NC(=O)N[C@@H]1CC. The van der Waals surface area contributed by atoms with E-state index in [4.69, 9.17) is 14.2 Å². The third-order valence-corrected chi connectivity index (χ3v) is 3.88. The minimum Gasteiger partial charge on any atom is -0.496 e. The molecule has 0 bridgehead atoms. The van der Waals surface area contributed by atoms with Crippen LogP contribution in [0, 0.1) is 10.1 Å². The Balaban J connectivity index is 2.33. The third-order valence-electron chi connectivity index (χ3n) is 3.88. The van der Waals surface area contributed by atoms with E-state index in [2.05, 4.69) is 10.6 Å². The molecule has 1 aliphatic rings. The van der Waals surface area contributed by atoms with Crippen LogP contribution in [-0.4, -0.2) is 43.3 Å². The molecule has 0 saturated heterocycles. The summed E-state index contributed by atoms with van der Waals surface area (Å²) < 4.78 is 15.6. The highest BCUT2D eigenvalue weighted by Gasteiger charge is 2.32. The third kappa shape index (κ3) is 4.66. The normalized spacial score (nSPS) is 16.3. The van der Waals surface area contributed by atoms with E-state index in [-0.39, 0.29) is 35.9 Å². The molecule has 1 aliphatic heterocycles. The smallest absolute Gasteiger partial charge is 0.338 e. The van der Waals surface area contributed by atoms with E-state index >= 15 is 0 Å². The fraction of sp³-hybridized carbons (Fsp3) is 0.412. The molecule has 1 atom stereocenters. The van der Waals surface area contributed by atoms with E-state index < -0.39 is 23.0 Å². The van der Waals surface area contributed by atoms with Crippen LogP contribution in [0.25, 0.3) is 0 Å². The van der Waals surface area contributed by atoms with Crippen molar-refractivity contribution in [3.63, 3.8) is 0 Å². The van der Waals surface area contributed by atoms with Crippen LogP contribution in [0.2, 0.25) is 0 Å². The average Bonchev–Trinajstić information content (AvgIpc) is 2.65. The van der Waals surface area contributed by atoms with E-state index in [1.165, 1.54) is 25.3 Å². The summed E-state index contributed by atoms with van der Waals surface area (Å²) >= 11 is 0. The van der Waals surface area contributed by atoms with Crippen LogP contribution in [0.1, 0.15) is 20.3 Å². The van der Waals surface area contributed by atoms with E-state index in [0.717, 1.165) is 0 Å². The number of amides is 2. The van der Waals surface area contributed by atoms with Crippen LogP contribution in [0.3, 0.4) is 0 Å². The second kappa shape index (κ2) is 8.88. The summed E-state index contributed by atoms with van der Waals surface area (Å²) in [5.74, 6) is -0.293. The summed E-state index contributed by atoms with van der Waals surface area (Å²) in [7, 11) is 1.39. The van der Waals surface area contributed by atoms with E-state index in [0.29, 0.717) is 12.2 Å². The van der Waals surface area contributed by atoms with Gasteiger partial charge in [-0.05, 0) is 25.5 Å². The zero-order valence-electron chi connectivity index (χ0n) is 15.2. The molecule has 0 saturated carbocycles. The highest BCUT2D eigenvalue weighted by Crippen LogP contribution is 2.31. The molecular formula is C17H21N3O7. The highest BCUT2D eigenvalue weighted by molar-refractivity contribution is 5.94. The van der Waals surface area contributed by atoms with Crippen molar-refractivity contribution in [3.8, 4) is 11.5 Å². The van der Waals surface area contributed by atoms with Gasteiger partial charge in [0.05, 0.1) is 42.0 Å². The van der Waals surface area contributed by atoms with Gasteiger partial charge >= 0.3 is 17.7 Å². The number of nitro groups is 1. The summed E-state index contributed by atoms with van der Waals surface area (Å²) in [6.45, 7) is 3.41. The van der Waals surface area contributed by atoms with Crippen molar-refractivity contribution in [3.05, 3.63) is 39.6 Å². The zero-order valence-corrected chi connectivity index (χ0v) is 15.2. The topological polar surface area (TPSA) is 129 Å².